The van der Waals surface area contributed by atoms with Crippen molar-refractivity contribution >= 4 is 11.7 Å². The Kier molecular flexibility index (Phi) is 4.93. The molecule has 0 spiro atoms. The van der Waals surface area contributed by atoms with Crippen LogP contribution in [-0.4, -0.2) is 48.2 Å². The van der Waals surface area contributed by atoms with Crippen molar-refractivity contribution in [1.82, 2.24) is 4.90 Å². The molecule has 2 aromatic carbocycles. The maximum atomic E-state index is 11.7. The van der Waals surface area contributed by atoms with Crippen molar-refractivity contribution in [3.8, 4) is 0 Å². The topological polar surface area (TPSA) is 43.8 Å². The molecule has 3 rings (SSSR count). The molecule has 120 valence electrons. The molecule has 1 atom stereocenters. The summed E-state index contributed by atoms with van der Waals surface area (Å²) in [5.74, 6) is -0.734. The third-order valence-electron chi connectivity index (χ3n) is 4.43. The summed E-state index contributed by atoms with van der Waals surface area (Å²) < 4.78 is 0. The lowest BCUT2D eigenvalue weighted by Gasteiger charge is -2.38. The third kappa shape index (κ3) is 3.90. The molecular weight excluding hydrogens is 288 g/mol. The van der Waals surface area contributed by atoms with Gasteiger partial charge in [-0.25, -0.2) is 0 Å². The zero-order valence-corrected chi connectivity index (χ0v) is 13.1. The van der Waals surface area contributed by atoms with E-state index in [9.17, 15) is 9.90 Å². The van der Waals surface area contributed by atoms with Crippen LogP contribution in [0.4, 0.5) is 5.69 Å². The van der Waals surface area contributed by atoms with Crippen molar-refractivity contribution in [3.05, 3.63) is 66.2 Å². The Morgan fingerprint density at radius 1 is 0.913 bits per heavy atom. The van der Waals surface area contributed by atoms with E-state index >= 15 is 0 Å². The van der Waals surface area contributed by atoms with Crippen molar-refractivity contribution in [2.75, 3.05) is 31.1 Å². The normalized spacial score (nSPS) is 17.0. The molecule has 1 N–H and O–H groups in total. The monoisotopic (exact) mass is 310 g/mol. The quantitative estimate of drug-likeness (QED) is 0.921. The number of hydrogen-bond donors (Lipinski definition) is 1. The average molecular weight is 310 g/mol. The summed E-state index contributed by atoms with van der Waals surface area (Å²) in [6, 6.07) is 19.7. The van der Waals surface area contributed by atoms with Crippen LogP contribution in [-0.2, 0) is 11.2 Å². The van der Waals surface area contributed by atoms with Crippen molar-refractivity contribution in [2.45, 2.75) is 12.5 Å². The number of para-hydroxylation sites is 1. The number of anilines is 1. The number of carboxylic acids is 1. The van der Waals surface area contributed by atoms with E-state index in [1.807, 2.05) is 48.5 Å². The molecule has 0 saturated carbocycles. The van der Waals surface area contributed by atoms with Gasteiger partial charge in [-0.2, -0.15) is 0 Å². The van der Waals surface area contributed by atoms with Gasteiger partial charge in [0.1, 0.15) is 6.04 Å². The van der Waals surface area contributed by atoms with Crippen LogP contribution < -0.4 is 4.90 Å². The minimum atomic E-state index is -0.734. The number of rotatable bonds is 5. The Morgan fingerprint density at radius 2 is 1.48 bits per heavy atom. The van der Waals surface area contributed by atoms with E-state index < -0.39 is 12.0 Å². The van der Waals surface area contributed by atoms with E-state index in [1.54, 1.807) is 0 Å². The largest absolute Gasteiger partial charge is 0.480 e. The molecule has 2 aromatic rings. The minimum Gasteiger partial charge on any atom is -0.480 e. The highest BCUT2D eigenvalue weighted by molar-refractivity contribution is 5.74. The molecule has 0 aromatic heterocycles. The van der Waals surface area contributed by atoms with Gasteiger partial charge < -0.3 is 10.0 Å². The second-order valence-corrected chi connectivity index (χ2v) is 5.90. The van der Waals surface area contributed by atoms with Gasteiger partial charge in [-0.15, -0.1) is 0 Å². The number of carbonyl (C=O) groups is 1. The maximum Gasteiger partial charge on any atom is 0.321 e. The number of piperazine rings is 1. The Labute approximate surface area is 137 Å². The molecule has 4 heteroatoms. The van der Waals surface area contributed by atoms with Crippen LogP contribution in [0, 0.1) is 0 Å². The molecule has 1 saturated heterocycles. The number of carboxylic acid groups (broad SMARTS) is 1. The lowest BCUT2D eigenvalue weighted by atomic mass is 10.0. The summed E-state index contributed by atoms with van der Waals surface area (Å²) in [5, 5.41) is 9.61. The maximum absolute atomic E-state index is 11.7. The van der Waals surface area contributed by atoms with Crippen LogP contribution in [0.2, 0.25) is 0 Å². The first-order chi connectivity index (χ1) is 11.2. The molecule has 0 bridgehead atoms. The van der Waals surface area contributed by atoms with Gasteiger partial charge in [-0.1, -0.05) is 48.5 Å². The van der Waals surface area contributed by atoms with Gasteiger partial charge in [0.15, 0.2) is 0 Å². The smallest absolute Gasteiger partial charge is 0.321 e. The number of aliphatic carboxylic acids is 1. The summed E-state index contributed by atoms with van der Waals surface area (Å²) in [5.41, 5.74) is 2.28. The lowest BCUT2D eigenvalue weighted by Crippen LogP contribution is -2.53. The van der Waals surface area contributed by atoms with E-state index in [-0.39, 0.29) is 0 Å². The molecule has 0 radical (unpaired) electrons. The van der Waals surface area contributed by atoms with E-state index in [4.69, 9.17) is 0 Å². The highest BCUT2D eigenvalue weighted by Crippen LogP contribution is 2.18. The van der Waals surface area contributed by atoms with Crippen LogP contribution in [0.15, 0.2) is 60.7 Å². The van der Waals surface area contributed by atoms with Crippen LogP contribution >= 0.6 is 0 Å². The summed E-state index contributed by atoms with van der Waals surface area (Å²) in [7, 11) is 0. The first kappa shape index (κ1) is 15.6. The molecule has 1 heterocycles. The van der Waals surface area contributed by atoms with Gasteiger partial charge in [0, 0.05) is 31.9 Å². The molecule has 1 aliphatic rings. The van der Waals surface area contributed by atoms with Crippen LogP contribution in [0.5, 0.6) is 0 Å². The molecular formula is C19H22N2O2. The number of nitrogens with zero attached hydrogens (tertiary/aromatic N) is 2. The van der Waals surface area contributed by atoms with Crippen molar-refractivity contribution in [3.63, 3.8) is 0 Å². The summed E-state index contributed by atoms with van der Waals surface area (Å²) in [6.45, 7) is 3.28. The Bertz CT molecular complexity index is 622. The SMILES string of the molecule is O=C(O)[C@@H](Cc1ccccc1)N1CCN(c2ccccc2)CC1. The number of hydrogen-bond acceptors (Lipinski definition) is 3. The highest BCUT2D eigenvalue weighted by Gasteiger charge is 2.29. The molecule has 0 amide bonds. The predicted molar refractivity (Wildman–Crippen MR) is 91.8 cm³/mol. The fourth-order valence-electron chi connectivity index (χ4n) is 3.14. The van der Waals surface area contributed by atoms with Crippen LogP contribution in [0.3, 0.4) is 0 Å². The molecule has 23 heavy (non-hydrogen) atoms. The summed E-state index contributed by atoms with van der Waals surface area (Å²) >= 11 is 0. The second kappa shape index (κ2) is 7.29. The van der Waals surface area contributed by atoms with Crippen LogP contribution in [0.25, 0.3) is 0 Å². The van der Waals surface area contributed by atoms with E-state index in [2.05, 4.69) is 21.9 Å². The molecule has 4 nitrogen and oxygen atoms in total. The van der Waals surface area contributed by atoms with Gasteiger partial charge in [0.2, 0.25) is 0 Å². The Balaban J connectivity index is 1.63. The molecule has 0 aliphatic carbocycles. The molecule has 1 aliphatic heterocycles. The Morgan fingerprint density at radius 3 is 2.04 bits per heavy atom. The van der Waals surface area contributed by atoms with Crippen molar-refractivity contribution in [2.24, 2.45) is 0 Å². The lowest BCUT2D eigenvalue weighted by molar-refractivity contribution is -0.143. The zero-order chi connectivity index (χ0) is 16.1. The predicted octanol–water partition coefficient (Wildman–Crippen LogP) is 2.50. The number of benzene rings is 2. The van der Waals surface area contributed by atoms with Gasteiger partial charge in [0.25, 0.3) is 0 Å². The standard InChI is InChI=1S/C19H22N2O2/c22-19(23)18(15-16-7-3-1-4-8-16)21-13-11-20(12-14-21)17-9-5-2-6-10-17/h1-10,18H,11-15H2,(H,22,23)/t18-/m1/s1. The third-order valence-corrected chi connectivity index (χ3v) is 4.43. The summed E-state index contributed by atoms with van der Waals surface area (Å²) in [6.07, 6.45) is 0.557. The van der Waals surface area contributed by atoms with Gasteiger partial charge in [-0.05, 0) is 24.1 Å². The molecule has 1 fully saturated rings. The first-order valence-corrected chi connectivity index (χ1v) is 8.05. The fourth-order valence-corrected chi connectivity index (χ4v) is 3.14. The highest BCUT2D eigenvalue weighted by atomic mass is 16.4. The van der Waals surface area contributed by atoms with Crippen LogP contribution in [0.1, 0.15) is 5.56 Å². The minimum absolute atomic E-state index is 0.449. The summed E-state index contributed by atoms with van der Waals surface area (Å²) in [4.78, 5) is 16.1. The zero-order valence-electron chi connectivity index (χ0n) is 13.1. The fraction of sp³-hybridized carbons (Fsp3) is 0.316. The van der Waals surface area contributed by atoms with Gasteiger partial charge in [0.05, 0.1) is 0 Å². The van der Waals surface area contributed by atoms with Crippen molar-refractivity contribution in [1.29, 1.82) is 0 Å². The van der Waals surface area contributed by atoms with E-state index in [1.165, 1.54) is 5.69 Å². The van der Waals surface area contributed by atoms with Gasteiger partial charge >= 0.3 is 5.97 Å². The van der Waals surface area contributed by atoms with Crippen molar-refractivity contribution < 1.29 is 9.90 Å². The van der Waals surface area contributed by atoms with E-state index in [0.717, 1.165) is 31.7 Å². The second-order valence-electron chi connectivity index (χ2n) is 5.90. The van der Waals surface area contributed by atoms with Gasteiger partial charge in [-0.3, -0.25) is 9.69 Å². The van der Waals surface area contributed by atoms with E-state index in [0.29, 0.717) is 6.42 Å². The average Bonchev–Trinajstić information content (AvgIpc) is 2.61. The first-order valence-electron chi connectivity index (χ1n) is 8.05. The Hall–Kier alpha value is -2.33. The molecule has 0 unspecified atom stereocenters.